The SMILES string of the molecule is CS(=O)(=O)CCCC(O)c1cccs1. The molecule has 0 aliphatic rings. The van der Waals surface area contributed by atoms with Gasteiger partial charge >= 0.3 is 0 Å². The molecule has 5 heteroatoms. The monoisotopic (exact) mass is 234 g/mol. The fourth-order valence-corrected chi connectivity index (χ4v) is 2.60. The van der Waals surface area contributed by atoms with Crippen molar-refractivity contribution in [3.8, 4) is 0 Å². The van der Waals surface area contributed by atoms with Crippen molar-refractivity contribution in [2.45, 2.75) is 18.9 Å². The number of hydrogen-bond donors (Lipinski definition) is 1. The third-order valence-electron chi connectivity index (χ3n) is 1.86. The summed E-state index contributed by atoms with van der Waals surface area (Å²) in [4.78, 5) is 0.901. The molecule has 14 heavy (non-hydrogen) atoms. The van der Waals surface area contributed by atoms with Gasteiger partial charge in [0.15, 0.2) is 0 Å². The first-order valence-electron chi connectivity index (χ1n) is 4.38. The van der Waals surface area contributed by atoms with Crippen LogP contribution in [0.3, 0.4) is 0 Å². The standard InChI is InChI=1S/C9H14O3S2/c1-14(11,12)7-3-4-8(10)9-5-2-6-13-9/h2,5-6,8,10H,3-4,7H2,1H3. The van der Waals surface area contributed by atoms with Crippen molar-refractivity contribution in [2.75, 3.05) is 12.0 Å². The van der Waals surface area contributed by atoms with Crippen molar-refractivity contribution in [3.05, 3.63) is 22.4 Å². The van der Waals surface area contributed by atoms with E-state index in [4.69, 9.17) is 0 Å². The first-order valence-corrected chi connectivity index (χ1v) is 7.32. The minimum absolute atomic E-state index is 0.148. The molecule has 1 unspecified atom stereocenters. The summed E-state index contributed by atoms with van der Waals surface area (Å²) in [5.41, 5.74) is 0. The van der Waals surface area contributed by atoms with Crippen molar-refractivity contribution in [1.82, 2.24) is 0 Å². The van der Waals surface area contributed by atoms with E-state index in [-0.39, 0.29) is 5.75 Å². The van der Waals surface area contributed by atoms with Crippen LogP contribution in [0.5, 0.6) is 0 Å². The second-order valence-corrected chi connectivity index (χ2v) is 6.54. The zero-order chi connectivity index (χ0) is 10.6. The molecule has 0 saturated carbocycles. The summed E-state index contributed by atoms with van der Waals surface area (Å²) in [5.74, 6) is 0.148. The van der Waals surface area contributed by atoms with Crippen molar-refractivity contribution < 1.29 is 13.5 Å². The van der Waals surface area contributed by atoms with Crippen LogP contribution in [0.4, 0.5) is 0 Å². The van der Waals surface area contributed by atoms with E-state index in [9.17, 15) is 13.5 Å². The van der Waals surface area contributed by atoms with Gasteiger partial charge < -0.3 is 5.11 Å². The van der Waals surface area contributed by atoms with Crippen LogP contribution in [0.25, 0.3) is 0 Å². The predicted octanol–water partition coefficient (Wildman–Crippen LogP) is 1.61. The van der Waals surface area contributed by atoms with E-state index in [0.717, 1.165) is 4.88 Å². The summed E-state index contributed by atoms with van der Waals surface area (Å²) in [5, 5.41) is 11.5. The molecule has 80 valence electrons. The van der Waals surface area contributed by atoms with Crippen LogP contribution in [0, 0.1) is 0 Å². The lowest BCUT2D eigenvalue weighted by atomic mass is 10.2. The minimum atomic E-state index is -2.90. The lowest BCUT2D eigenvalue weighted by Crippen LogP contribution is -2.05. The number of aliphatic hydroxyl groups excluding tert-OH is 1. The number of sulfone groups is 1. The van der Waals surface area contributed by atoms with E-state index in [1.165, 1.54) is 17.6 Å². The summed E-state index contributed by atoms with van der Waals surface area (Å²) < 4.78 is 21.6. The van der Waals surface area contributed by atoms with Gasteiger partial charge in [-0.1, -0.05) is 6.07 Å². The number of aliphatic hydroxyl groups is 1. The molecule has 0 spiro atoms. The molecule has 0 aliphatic heterocycles. The first-order chi connectivity index (χ1) is 6.49. The lowest BCUT2D eigenvalue weighted by molar-refractivity contribution is 0.170. The maximum Gasteiger partial charge on any atom is 0.147 e. The van der Waals surface area contributed by atoms with Gasteiger partial charge in [0.1, 0.15) is 9.84 Å². The zero-order valence-electron chi connectivity index (χ0n) is 8.01. The largest absolute Gasteiger partial charge is 0.388 e. The molecule has 3 nitrogen and oxygen atoms in total. The van der Waals surface area contributed by atoms with Gasteiger partial charge in [0.05, 0.1) is 6.10 Å². The maximum atomic E-state index is 10.8. The molecule has 1 aromatic heterocycles. The normalized spacial score (nSPS) is 14.1. The molecule has 0 saturated heterocycles. The van der Waals surface area contributed by atoms with E-state index in [2.05, 4.69) is 0 Å². The molecule has 1 aromatic rings. The van der Waals surface area contributed by atoms with Gasteiger partial charge in [-0.2, -0.15) is 0 Å². The van der Waals surface area contributed by atoms with Gasteiger partial charge in [0, 0.05) is 16.9 Å². The highest BCUT2D eigenvalue weighted by Gasteiger charge is 2.09. The molecule has 1 atom stereocenters. The number of rotatable bonds is 5. The Morgan fingerprint density at radius 2 is 2.29 bits per heavy atom. The van der Waals surface area contributed by atoms with Crippen molar-refractivity contribution in [1.29, 1.82) is 0 Å². The Morgan fingerprint density at radius 1 is 1.57 bits per heavy atom. The van der Waals surface area contributed by atoms with Crippen LogP contribution in [0.1, 0.15) is 23.8 Å². The summed E-state index contributed by atoms with van der Waals surface area (Å²) in [7, 11) is -2.90. The third-order valence-corrected chi connectivity index (χ3v) is 3.87. The van der Waals surface area contributed by atoms with Gasteiger partial charge in [0.25, 0.3) is 0 Å². The fourth-order valence-electron chi connectivity index (χ4n) is 1.16. The Kier molecular flexibility index (Phi) is 4.10. The molecule has 0 amide bonds. The van der Waals surface area contributed by atoms with Crippen LogP contribution >= 0.6 is 11.3 Å². The average molecular weight is 234 g/mol. The van der Waals surface area contributed by atoms with Gasteiger partial charge in [-0.15, -0.1) is 11.3 Å². The Labute approximate surface area is 88.3 Å². The molecule has 1 N–H and O–H groups in total. The van der Waals surface area contributed by atoms with Crippen LogP contribution in [0.15, 0.2) is 17.5 Å². The van der Waals surface area contributed by atoms with E-state index in [1.54, 1.807) is 0 Å². The van der Waals surface area contributed by atoms with Crippen LogP contribution in [-0.2, 0) is 9.84 Å². The summed E-state index contributed by atoms with van der Waals surface area (Å²) in [6, 6.07) is 3.73. The van der Waals surface area contributed by atoms with Crippen molar-refractivity contribution in [3.63, 3.8) is 0 Å². The third kappa shape index (κ3) is 4.21. The Bertz CT molecular complexity index is 353. The number of thiophene rings is 1. The highest BCUT2D eigenvalue weighted by Crippen LogP contribution is 2.22. The van der Waals surface area contributed by atoms with E-state index in [0.29, 0.717) is 12.8 Å². The molecule has 0 bridgehead atoms. The van der Waals surface area contributed by atoms with Crippen LogP contribution in [-0.4, -0.2) is 25.5 Å². The Morgan fingerprint density at radius 3 is 2.79 bits per heavy atom. The van der Waals surface area contributed by atoms with Gasteiger partial charge in [0.2, 0.25) is 0 Å². The lowest BCUT2D eigenvalue weighted by Gasteiger charge is -2.06. The molecule has 1 heterocycles. The Balaban J connectivity index is 2.33. The summed E-state index contributed by atoms with van der Waals surface area (Å²) in [6.07, 6.45) is 1.72. The second kappa shape index (κ2) is 4.91. The average Bonchev–Trinajstić information content (AvgIpc) is 2.53. The minimum Gasteiger partial charge on any atom is -0.388 e. The summed E-state index contributed by atoms with van der Waals surface area (Å²) in [6.45, 7) is 0. The highest BCUT2D eigenvalue weighted by molar-refractivity contribution is 7.90. The maximum absolute atomic E-state index is 10.8. The van der Waals surface area contributed by atoms with Crippen LogP contribution < -0.4 is 0 Å². The van der Waals surface area contributed by atoms with Gasteiger partial charge in [-0.3, -0.25) is 0 Å². The second-order valence-electron chi connectivity index (χ2n) is 3.30. The highest BCUT2D eigenvalue weighted by atomic mass is 32.2. The number of hydrogen-bond acceptors (Lipinski definition) is 4. The Hall–Kier alpha value is -0.390. The molecule has 0 radical (unpaired) electrons. The quantitative estimate of drug-likeness (QED) is 0.842. The molecule has 0 aromatic carbocycles. The van der Waals surface area contributed by atoms with Crippen molar-refractivity contribution >= 4 is 21.2 Å². The molecule has 0 aliphatic carbocycles. The fraction of sp³-hybridized carbons (Fsp3) is 0.556. The van der Waals surface area contributed by atoms with Crippen LogP contribution in [0.2, 0.25) is 0 Å². The predicted molar refractivity (Wildman–Crippen MR) is 58.2 cm³/mol. The van der Waals surface area contributed by atoms with Crippen molar-refractivity contribution in [2.24, 2.45) is 0 Å². The molecule has 1 rings (SSSR count). The zero-order valence-corrected chi connectivity index (χ0v) is 9.64. The topological polar surface area (TPSA) is 54.4 Å². The van der Waals surface area contributed by atoms with E-state index < -0.39 is 15.9 Å². The van der Waals surface area contributed by atoms with Gasteiger partial charge in [-0.05, 0) is 24.3 Å². The summed E-state index contributed by atoms with van der Waals surface area (Å²) >= 11 is 1.49. The molecular weight excluding hydrogens is 220 g/mol. The van der Waals surface area contributed by atoms with E-state index >= 15 is 0 Å². The smallest absolute Gasteiger partial charge is 0.147 e. The van der Waals surface area contributed by atoms with Gasteiger partial charge in [-0.25, -0.2) is 8.42 Å². The molecular formula is C9H14O3S2. The first kappa shape index (κ1) is 11.7. The van der Waals surface area contributed by atoms with E-state index in [1.807, 2.05) is 17.5 Å². The molecule has 0 fully saturated rings.